The lowest BCUT2D eigenvalue weighted by Crippen LogP contribution is -2.15. The Kier molecular flexibility index (Phi) is 6.72. The SMILES string of the molecule is CC(=O)CC1CCC(c2ccc(-c3ccc(Nc4ccc(C(F)(F)F)nc4)nn3)cc2)CC1. The summed E-state index contributed by atoms with van der Waals surface area (Å²) in [5, 5.41) is 11.3. The van der Waals surface area contributed by atoms with Crippen molar-refractivity contribution in [3.63, 3.8) is 0 Å². The molecule has 1 aliphatic rings. The summed E-state index contributed by atoms with van der Waals surface area (Å²) in [6.45, 7) is 1.67. The molecule has 0 atom stereocenters. The predicted octanol–water partition coefficient (Wildman–Crippen LogP) is 6.55. The second kappa shape index (κ2) is 9.68. The van der Waals surface area contributed by atoms with E-state index in [0.717, 1.165) is 43.5 Å². The van der Waals surface area contributed by atoms with Crippen molar-refractivity contribution in [3.8, 4) is 11.3 Å². The standard InChI is InChI=1S/C25H25F3N4O/c1-16(33)14-17-2-4-18(5-3-17)19-6-8-20(9-7-19)22-11-13-24(32-31-22)30-21-10-12-23(29-15-21)25(26,27)28/h6-13,15,17-18H,2-5,14H2,1H3,(H,30,32). The molecular formula is C25H25F3N4O. The van der Waals surface area contributed by atoms with Gasteiger partial charge in [0.15, 0.2) is 5.82 Å². The highest BCUT2D eigenvalue weighted by Crippen LogP contribution is 2.37. The van der Waals surface area contributed by atoms with E-state index in [1.54, 1.807) is 13.0 Å². The van der Waals surface area contributed by atoms with Crippen LogP contribution in [0.1, 0.15) is 56.2 Å². The van der Waals surface area contributed by atoms with Gasteiger partial charge in [-0.25, -0.2) is 4.98 Å². The van der Waals surface area contributed by atoms with Crippen LogP contribution in [0.4, 0.5) is 24.7 Å². The van der Waals surface area contributed by atoms with Gasteiger partial charge in [0.1, 0.15) is 11.5 Å². The van der Waals surface area contributed by atoms with Crippen LogP contribution in [0.3, 0.4) is 0 Å². The molecule has 172 valence electrons. The summed E-state index contributed by atoms with van der Waals surface area (Å²) in [6, 6.07) is 14.1. The van der Waals surface area contributed by atoms with Gasteiger partial charge < -0.3 is 10.1 Å². The van der Waals surface area contributed by atoms with Crippen molar-refractivity contribution in [3.05, 3.63) is 66.0 Å². The Hall–Kier alpha value is -3.29. The number of hydrogen-bond donors (Lipinski definition) is 1. The Morgan fingerprint density at radius 2 is 1.70 bits per heavy atom. The molecule has 0 amide bonds. The number of pyridine rings is 1. The van der Waals surface area contributed by atoms with Gasteiger partial charge in [0, 0.05) is 12.0 Å². The first kappa shape index (κ1) is 22.9. The van der Waals surface area contributed by atoms with Crippen molar-refractivity contribution >= 4 is 17.3 Å². The number of ketones is 1. The normalized spacial score (nSPS) is 18.7. The van der Waals surface area contributed by atoms with E-state index >= 15 is 0 Å². The summed E-state index contributed by atoms with van der Waals surface area (Å²) in [5.41, 5.74) is 2.41. The van der Waals surface area contributed by atoms with Crippen molar-refractivity contribution in [2.75, 3.05) is 5.32 Å². The molecule has 1 N–H and O–H groups in total. The van der Waals surface area contributed by atoms with Gasteiger partial charge in [-0.3, -0.25) is 0 Å². The lowest BCUT2D eigenvalue weighted by atomic mass is 9.77. The molecule has 4 rings (SSSR count). The fraction of sp³-hybridized carbons (Fsp3) is 0.360. The number of Topliss-reactive ketones (excluding diaryl/α,β-unsaturated/α-hetero) is 1. The van der Waals surface area contributed by atoms with Gasteiger partial charge in [-0.05, 0) is 74.3 Å². The van der Waals surface area contributed by atoms with Crippen LogP contribution >= 0.6 is 0 Å². The molecule has 0 bridgehead atoms. The largest absolute Gasteiger partial charge is 0.433 e. The minimum atomic E-state index is -4.47. The number of rotatable bonds is 6. The number of benzene rings is 1. The van der Waals surface area contributed by atoms with Gasteiger partial charge in [0.05, 0.1) is 17.6 Å². The maximum absolute atomic E-state index is 12.6. The number of halogens is 3. The molecule has 0 aliphatic heterocycles. The second-order valence-electron chi connectivity index (χ2n) is 8.60. The molecule has 1 saturated carbocycles. The van der Waals surface area contributed by atoms with Gasteiger partial charge in [0.25, 0.3) is 0 Å². The Morgan fingerprint density at radius 1 is 0.970 bits per heavy atom. The zero-order valence-corrected chi connectivity index (χ0v) is 18.3. The van der Waals surface area contributed by atoms with Gasteiger partial charge in [-0.1, -0.05) is 24.3 Å². The summed E-state index contributed by atoms with van der Waals surface area (Å²) >= 11 is 0. The lowest BCUT2D eigenvalue weighted by molar-refractivity contribution is -0.141. The van der Waals surface area contributed by atoms with E-state index in [1.807, 2.05) is 18.2 Å². The average molecular weight is 454 g/mol. The molecule has 0 unspecified atom stereocenters. The summed E-state index contributed by atoms with van der Waals surface area (Å²) < 4.78 is 37.9. The van der Waals surface area contributed by atoms with E-state index in [9.17, 15) is 18.0 Å². The van der Waals surface area contributed by atoms with E-state index in [4.69, 9.17) is 0 Å². The molecule has 0 radical (unpaired) electrons. The molecule has 8 heteroatoms. The van der Waals surface area contributed by atoms with E-state index in [1.165, 1.54) is 11.6 Å². The molecule has 1 aliphatic carbocycles. The molecule has 2 heterocycles. The second-order valence-corrected chi connectivity index (χ2v) is 8.60. The molecule has 1 fully saturated rings. The molecule has 0 spiro atoms. The van der Waals surface area contributed by atoms with Crippen molar-refractivity contribution in [1.29, 1.82) is 0 Å². The van der Waals surface area contributed by atoms with Crippen LogP contribution in [0.5, 0.6) is 0 Å². The molecule has 0 saturated heterocycles. The third-order valence-electron chi connectivity index (χ3n) is 6.09. The number of aromatic nitrogens is 3. The van der Waals surface area contributed by atoms with Crippen LogP contribution in [-0.4, -0.2) is 21.0 Å². The number of hydrogen-bond acceptors (Lipinski definition) is 5. The zero-order chi connectivity index (χ0) is 23.4. The summed E-state index contributed by atoms with van der Waals surface area (Å²) in [7, 11) is 0. The predicted molar refractivity (Wildman–Crippen MR) is 120 cm³/mol. The smallest absolute Gasteiger partial charge is 0.337 e. The maximum Gasteiger partial charge on any atom is 0.433 e. The molecule has 5 nitrogen and oxygen atoms in total. The fourth-order valence-electron chi connectivity index (χ4n) is 4.37. The van der Waals surface area contributed by atoms with Crippen molar-refractivity contribution in [1.82, 2.24) is 15.2 Å². The van der Waals surface area contributed by atoms with E-state index in [2.05, 4.69) is 32.6 Å². The average Bonchev–Trinajstić information content (AvgIpc) is 2.80. The van der Waals surface area contributed by atoms with Gasteiger partial charge >= 0.3 is 6.18 Å². The van der Waals surface area contributed by atoms with Crippen LogP contribution in [0, 0.1) is 5.92 Å². The first-order valence-corrected chi connectivity index (χ1v) is 11.0. The lowest BCUT2D eigenvalue weighted by Gasteiger charge is -2.28. The van der Waals surface area contributed by atoms with Crippen molar-refractivity contribution in [2.24, 2.45) is 5.92 Å². The first-order valence-electron chi connectivity index (χ1n) is 11.0. The van der Waals surface area contributed by atoms with Crippen LogP contribution < -0.4 is 5.32 Å². The van der Waals surface area contributed by atoms with E-state index in [-0.39, 0.29) is 5.78 Å². The van der Waals surface area contributed by atoms with Gasteiger partial charge in [-0.15, -0.1) is 10.2 Å². The monoisotopic (exact) mass is 454 g/mol. The van der Waals surface area contributed by atoms with Gasteiger partial charge in [0.2, 0.25) is 0 Å². The Bertz CT molecular complexity index is 1070. The third kappa shape index (κ3) is 5.94. The molecule has 3 aromatic rings. The fourth-order valence-corrected chi connectivity index (χ4v) is 4.37. The van der Waals surface area contributed by atoms with Crippen LogP contribution in [0.15, 0.2) is 54.7 Å². The Balaban J connectivity index is 1.36. The maximum atomic E-state index is 12.6. The van der Waals surface area contributed by atoms with Gasteiger partial charge in [-0.2, -0.15) is 13.2 Å². The van der Waals surface area contributed by atoms with Crippen LogP contribution in [0.2, 0.25) is 0 Å². The van der Waals surface area contributed by atoms with Crippen LogP contribution in [0.25, 0.3) is 11.3 Å². The van der Waals surface area contributed by atoms with Crippen molar-refractivity contribution < 1.29 is 18.0 Å². The van der Waals surface area contributed by atoms with E-state index in [0.29, 0.717) is 35.5 Å². The number of nitrogens with one attached hydrogen (secondary N) is 1. The number of nitrogens with zero attached hydrogens (tertiary/aromatic N) is 3. The molecule has 2 aromatic heterocycles. The highest BCUT2D eigenvalue weighted by molar-refractivity contribution is 5.75. The minimum absolute atomic E-state index is 0.279. The quantitative estimate of drug-likeness (QED) is 0.457. The number of carbonyl (C=O) groups is 1. The highest BCUT2D eigenvalue weighted by Gasteiger charge is 2.32. The number of carbonyl (C=O) groups excluding carboxylic acids is 1. The zero-order valence-electron chi connectivity index (χ0n) is 18.3. The summed E-state index contributed by atoms with van der Waals surface area (Å²) in [4.78, 5) is 14.8. The highest BCUT2D eigenvalue weighted by atomic mass is 19.4. The third-order valence-corrected chi connectivity index (χ3v) is 6.09. The number of alkyl halides is 3. The summed E-state index contributed by atoms with van der Waals surface area (Å²) in [5.74, 6) is 1.75. The topological polar surface area (TPSA) is 67.8 Å². The first-order chi connectivity index (χ1) is 15.8. The van der Waals surface area contributed by atoms with Crippen molar-refractivity contribution in [2.45, 2.75) is 51.1 Å². The summed E-state index contributed by atoms with van der Waals surface area (Å²) in [6.07, 6.45) is 1.76. The minimum Gasteiger partial charge on any atom is -0.337 e. The Morgan fingerprint density at radius 3 is 2.24 bits per heavy atom. The Labute approximate surface area is 190 Å². The van der Waals surface area contributed by atoms with E-state index < -0.39 is 11.9 Å². The number of anilines is 2. The molecular weight excluding hydrogens is 429 g/mol. The molecule has 1 aromatic carbocycles. The van der Waals surface area contributed by atoms with Crippen LogP contribution in [-0.2, 0) is 11.0 Å². The molecule has 33 heavy (non-hydrogen) atoms.